The summed E-state index contributed by atoms with van der Waals surface area (Å²) < 4.78 is 17.0. The number of hydrogen-bond donors (Lipinski definition) is 1. The first-order valence-electron chi connectivity index (χ1n) is 7.71. The van der Waals surface area contributed by atoms with Crippen LogP contribution in [-0.2, 0) is 11.3 Å². The highest BCUT2D eigenvalue weighted by atomic mass is 16.6. The van der Waals surface area contributed by atoms with Crippen molar-refractivity contribution < 1.29 is 23.9 Å². The van der Waals surface area contributed by atoms with Crippen LogP contribution in [0.5, 0.6) is 17.2 Å². The molecular weight excluding hydrogens is 358 g/mol. The van der Waals surface area contributed by atoms with Gasteiger partial charge in [-0.05, 0) is 24.0 Å². The van der Waals surface area contributed by atoms with Gasteiger partial charge in [-0.25, -0.2) is 5.43 Å². The maximum atomic E-state index is 12.0. The van der Waals surface area contributed by atoms with Gasteiger partial charge in [-0.15, -0.1) is 0 Å². The Morgan fingerprint density at radius 3 is 2.56 bits per heavy atom. The van der Waals surface area contributed by atoms with Gasteiger partial charge in [0.2, 0.25) is 5.75 Å². The molecule has 0 aliphatic heterocycles. The zero-order chi connectivity index (χ0) is 20.0. The number of hydrogen-bond acceptors (Lipinski definition) is 8. The molecule has 1 aromatic heterocycles. The Hall–Kier alpha value is -3.63. The molecule has 0 fully saturated rings. The molecule has 1 aromatic carbocycles. The molecule has 1 amide bonds. The summed E-state index contributed by atoms with van der Waals surface area (Å²) in [7, 11) is 4.46. The molecule has 144 valence electrons. The summed E-state index contributed by atoms with van der Waals surface area (Å²) in [5.41, 5.74) is 3.38. The Morgan fingerprint density at radius 1 is 1.30 bits per heavy atom. The molecule has 1 heterocycles. The molecule has 0 unspecified atom stereocenters. The third-order valence-corrected chi connectivity index (χ3v) is 3.58. The predicted molar refractivity (Wildman–Crippen MR) is 95.5 cm³/mol. The lowest BCUT2D eigenvalue weighted by Crippen LogP contribution is -2.24. The predicted octanol–water partition coefficient (Wildman–Crippen LogP) is 1.28. The zero-order valence-electron chi connectivity index (χ0n) is 15.3. The monoisotopic (exact) mass is 377 g/mol. The molecule has 0 atom stereocenters. The van der Waals surface area contributed by atoms with Crippen molar-refractivity contribution in [1.82, 2.24) is 15.2 Å². The second kappa shape index (κ2) is 8.65. The van der Waals surface area contributed by atoms with E-state index in [1.54, 1.807) is 19.1 Å². The number of benzene rings is 1. The lowest BCUT2D eigenvalue weighted by Gasteiger charge is -2.13. The number of nitrogens with zero attached hydrogens (tertiary/aromatic N) is 4. The zero-order valence-corrected chi connectivity index (χ0v) is 15.3. The van der Waals surface area contributed by atoms with E-state index in [4.69, 9.17) is 14.2 Å². The molecule has 0 saturated heterocycles. The second-order valence-electron chi connectivity index (χ2n) is 5.28. The minimum Gasteiger partial charge on any atom is -0.493 e. The van der Waals surface area contributed by atoms with Gasteiger partial charge in [0.15, 0.2) is 11.5 Å². The number of methoxy groups -OCH3 is 3. The van der Waals surface area contributed by atoms with Crippen molar-refractivity contribution in [1.29, 1.82) is 0 Å². The summed E-state index contributed by atoms with van der Waals surface area (Å²) >= 11 is 0. The summed E-state index contributed by atoms with van der Waals surface area (Å²) in [6.07, 6.45) is 1.39. The van der Waals surface area contributed by atoms with E-state index in [1.165, 1.54) is 38.3 Å². The molecule has 2 aromatic rings. The molecule has 0 spiro atoms. The van der Waals surface area contributed by atoms with Gasteiger partial charge in [-0.1, -0.05) is 0 Å². The van der Waals surface area contributed by atoms with Crippen LogP contribution in [0.1, 0.15) is 11.3 Å². The summed E-state index contributed by atoms with van der Waals surface area (Å²) in [6, 6.07) is 4.65. The van der Waals surface area contributed by atoms with E-state index in [1.807, 2.05) is 0 Å². The van der Waals surface area contributed by atoms with Gasteiger partial charge in [0.25, 0.3) is 5.91 Å². The summed E-state index contributed by atoms with van der Waals surface area (Å²) in [5.74, 6) is 0.472. The van der Waals surface area contributed by atoms with Crippen LogP contribution in [0.15, 0.2) is 23.3 Å². The highest BCUT2D eigenvalue weighted by Gasteiger charge is 2.17. The van der Waals surface area contributed by atoms with Crippen LogP contribution < -0.4 is 19.6 Å². The quantitative estimate of drug-likeness (QED) is 0.416. The SMILES string of the molecule is COc1ccc(/C=N/NC(=O)Cn2nc([N+](=O)[O-])cc2C)c(OC)c1OC. The van der Waals surface area contributed by atoms with Gasteiger partial charge in [-0.2, -0.15) is 9.78 Å². The van der Waals surface area contributed by atoms with Crippen LogP contribution in [-0.4, -0.2) is 48.2 Å². The van der Waals surface area contributed by atoms with Crippen LogP contribution in [0.3, 0.4) is 0 Å². The number of hydrazone groups is 1. The summed E-state index contributed by atoms with van der Waals surface area (Å²) in [6.45, 7) is 1.41. The van der Waals surface area contributed by atoms with E-state index in [-0.39, 0.29) is 12.4 Å². The van der Waals surface area contributed by atoms with E-state index >= 15 is 0 Å². The highest BCUT2D eigenvalue weighted by molar-refractivity contribution is 5.87. The van der Waals surface area contributed by atoms with Gasteiger partial charge < -0.3 is 24.3 Å². The van der Waals surface area contributed by atoms with Gasteiger partial charge in [0, 0.05) is 5.56 Å². The number of carbonyl (C=O) groups is 1. The van der Waals surface area contributed by atoms with Gasteiger partial charge in [0.05, 0.1) is 44.4 Å². The highest BCUT2D eigenvalue weighted by Crippen LogP contribution is 2.38. The van der Waals surface area contributed by atoms with Crippen LogP contribution in [0, 0.1) is 17.0 Å². The maximum Gasteiger partial charge on any atom is 0.390 e. The minimum atomic E-state index is -0.622. The fraction of sp³-hybridized carbons (Fsp3) is 0.312. The van der Waals surface area contributed by atoms with Gasteiger partial charge in [0.1, 0.15) is 6.54 Å². The molecule has 27 heavy (non-hydrogen) atoms. The van der Waals surface area contributed by atoms with Crippen molar-refractivity contribution in [3.63, 3.8) is 0 Å². The number of nitrogens with one attached hydrogen (secondary N) is 1. The number of amides is 1. The molecule has 0 aliphatic carbocycles. The average Bonchev–Trinajstić information content (AvgIpc) is 3.01. The number of rotatable bonds is 8. The molecule has 0 radical (unpaired) electrons. The Morgan fingerprint density at radius 2 is 2.00 bits per heavy atom. The maximum absolute atomic E-state index is 12.0. The number of aryl methyl sites for hydroxylation is 1. The first-order chi connectivity index (χ1) is 12.9. The molecule has 0 aliphatic rings. The molecular formula is C16H19N5O6. The van der Waals surface area contributed by atoms with Crippen molar-refractivity contribution in [3.8, 4) is 17.2 Å². The Balaban J connectivity index is 2.09. The first kappa shape index (κ1) is 19.7. The average molecular weight is 377 g/mol. The van der Waals surface area contributed by atoms with Crippen molar-refractivity contribution in [2.24, 2.45) is 5.10 Å². The fourth-order valence-corrected chi connectivity index (χ4v) is 2.31. The molecule has 2 rings (SSSR count). The number of carbonyl (C=O) groups excluding carboxylic acids is 1. The third kappa shape index (κ3) is 4.51. The molecule has 0 bridgehead atoms. The lowest BCUT2D eigenvalue weighted by atomic mass is 10.2. The van der Waals surface area contributed by atoms with E-state index < -0.39 is 10.8 Å². The van der Waals surface area contributed by atoms with E-state index in [9.17, 15) is 14.9 Å². The first-order valence-corrected chi connectivity index (χ1v) is 7.71. The minimum absolute atomic E-state index is 0.208. The summed E-state index contributed by atoms with van der Waals surface area (Å²) in [5, 5.41) is 18.3. The molecule has 11 heteroatoms. The molecule has 0 saturated carbocycles. The fourth-order valence-electron chi connectivity index (χ4n) is 2.31. The number of nitro groups is 1. The molecule has 1 N–H and O–H groups in total. The van der Waals surface area contributed by atoms with Crippen LogP contribution >= 0.6 is 0 Å². The van der Waals surface area contributed by atoms with E-state index in [0.29, 0.717) is 28.5 Å². The number of ether oxygens (including phenoxy) is 3. The number of aromatic nitrogens is 2. The van der Waals surface area contributed by atoms with E-state index in [0.717, 1.165) is 0 Å². The third-order valence-electron chi connectivity index (χ3n) is 3.58. The second-order valence-corrected chi connectivity index (χ2v) is 5.28. The van der Waals surface area contributed by atoms with Gasteiger partial charge >= 0.3 is 5.82 Å². The van der Waals surface area contributed by atoms with Crippen molar-refractivity contribution >= 4 is 17.9 Å². The van der Waals surface area contributed by atoms with E-state index in [2.05, 4.69) is 15.6 Å². The van der Waals surface area contributed by atoms with Crippen LogP contribution in [0.2, 0.25) is 0 Å². The van der Waals surface area contributed by atoms with Gasteiger partial charge in [-0.3, -0.25) is 4.79 Å². The summed E-state index contributed by atoms with van der Waals surface area (Å²) in [4.78, 5) is 22.1. The Bertz CT molecular complexity index is 876. The smallest absolute Gasteiger partial charge is 0.390 e. The van der Waals surface area contributed by atoms with Crippen LogP contribution in [0.4, 0.5) is 5.82 Å². The Labute approximate surface area is 154 Å². The normalized spacial score (nSPS) is 10.7. The van der Waals surface area contributed by atoms with Crippen molar-refractivity contribution in [2.75, 3.05) is 21.3 Å². The van der Waals surface area contributed by atoms with Crippen LogP contribution in [0.25, 0.3) is 0 Å². The van der Waals surface area contributed by atoms with Crippen molar-refractivity contribution in [3.05, 3.63) is 39.6 Å². The van der Waals surface area contributed by atoms with Crippen molar-refractivity contribution in [2.45, 2.75) is 13.5 Å². The topological polar surface area (TPSA) is 130 Å². The lowest BCUT2D eigenvalue weighted by molar-refractivity contribution is -0.389. The molecule has 11 nitrogen and oxygen atoms in total. The Kier molecular flexibility index (Phi) is 6.31. The largest absolute Gasteiger partial charge is 0.493 e. The standard InChI is InChI=1S/C16H19N5O6/c1-10-7-13(21(23)24)19-20(10)9-14(22)18-17-8-11-5-6-12(25-2)16(27-4)15(11)26-3/h5-8H,9H2,1-4H3,(H,18,22)/b17-8+.